The van der Waals surface area contributed by atoms with Crippen molar-refractivity contribution in [1.82, 2.24) is 0 Å². The molecular weight excluding hydrogens is 134 g/mol. The van der Waals surface area contributed by atoms with Crippen molar-refractivity contribution in [1.29, 1.82) is 0 Å². The fourth-order valence-electron chi connectivity index (χ4n) is 0.990. The lowest BCUT2D eigenvalue weighted by Crippen LogP contribution is -2.15. The summed E-state index contributed by atoms with van der Waals surface area (Å²) in [5.74, 6) is 6.17. The third kappa shape index (κ3) is 1.85. The molecule has 1 fully saturated rings. The van der Waals surface area contributed by atoms with Gasteiger partial charge in [0.25, 0.3) is 0 Å². The quantitative estimate of drug-likeness (QED) is 0.603. The molecule has 0 radical (unpaired) electrons. The van der Waals surface area contributed by atoms with Crippen molar-refractivity contribution in [3.63, 3.8) is 0 Å². The highest BCUT2D eigenvalue weighted by Crippen LogP contribution is 2.47. The molecule has 2 N–H and O–H groups in total. The van der Waals surface area contributed by atoms with Crippen LogP contribution in [-0.2, 0) is 4.84 Å². The molecule has 1 saturated carbocycles. The van der Waals surface area contributed by atoms with Gasteiger partial charge >= 0.3 is 0 Å². The minimum Gasteiger partial charge on any atom is -0.304 e. The number of hydrogen-bond donors (Lipinski definition) is 1. The third-order valence-corrected chi connectivity index (χ3v) is 2.70. The highest BCUT2D eigenvalue weighted by Gasteiger charge is 2.42. The zero-order valence-electron chi connectivity index (χ0n) is 5.72. The Morgan fingerprint density at radius 1 is 1.67 bits per heavy atom. The summed E-state index contributed by atoms with van der Waals surface area (Å²) in [6.07, 6.45) is 4.71. The van der Waals surface area contributed by atoms with Crippen LogP contribution in [0.25, 0.3) is 0 Å². The van der Waals surface area contributed by atoms with Gasteiger partial charge in [-0.3, -0.25) is 0 Å². The molecule has 0 aromatic carbocycles. The molecule has 0 saturated heterocycles. The topological polar surface area (TPSA) is 35.2 Å². The Hall–Kier alpha value is 0.270. The van der Waals surface area contributed by atoms with Gasteiger partial charge in [0, 0.05) is 11.2 Å². The van der Waals surface area contributed by atoms with E-state index in [9.17, 15) is 0 Å². The van der Waals surface area contributed by atoms with Crippen molar-refractivity contribution in [2.24, 2.45) is 11.3 Å². The maximum absolute atomic E-state index is 4.98. The number of rotatable bonds is 4. The fourth-order valence-corrected chi connectivity index (χ4v) is 1.97. The maximum Gasteiger partial charge on any atom is 0.0743 e. The van der Waals surface area contributed by atoms with E-state index in [1.807, 2.05) is 11.8 Å². The predicted molar refractivity (Wildman–Crippen MR) is 40.2 cm³/mol. The standard InChI is InChI=1S/C6H13NOS/c1-9-5-6(2-3-6)4-8-7/h2-5,7H2,1H3. The lowest BCUT2D eigenvalue weighted by atomic mass is 10.2. The largest absolute Gasteiger partial charge is 0.304 e. The van der Waals surface area contributed by atoms with Crippen LogP contribution < -0.4 is 5.90 Å². The van der Waals surface area contributed by atoms with E-state index in [0.29, 0.717) is 5.41 Å². The second-order valence-electron chi connectivity index (χ2n) is 2.74. The molecular formula is C6H13NOS. The van der Waals surface area contributed by atoms with Crippen LogP contribution in [0.15, 0.2) is 0 Å². The molecule has 0 amide bonds. The Bertz CT molecular complexity index is 85.1. The van der Waals surface area contributed by atoms with Crippen molar-refractivity contribution < 1.29 is 4.84 Å². The molecule has 2 nitrogen and oxygen atoms in total. The van der Waals surface area contributed by atoms with E-state index >= 15 is 0 Å². The van der Waals surface area contributed by atoms with Crippen molar-refractivity contribution in [3.05, 3.63) is 0 Å². The van der Waals surface area contributed by atoms with Gasteiger partial charge in [-0.05, 0) is 19.1 Å². The molecule has 1 aliphatic rings. The molecule has 3 heteroatoms. The Morgan fingerprint density at radius 2 is 2.33 bits per heavy atom. The van der Waals surface area contributed by atoms with Gasteiger partial charge in [-0.1, -0.05) is 0 Å². The van der Waals surface area contributed by atoms with Gasteiger partial charge in [0.15, 0.2) is 0 Å². The lowest BCUT2D eigenvalue weighted by molar-refractivity contribution is 0.100. The molecule has 54 valence electrons. The van der Waals surface area contributed by atoms with Crippen LogP contribution in [-0.4, -0.2) is 18.6 Å². The van der Waals surface area contributed by atoms with Gasteiger partial charge in [0.05, 0.1) is 6.61 Å². The van der Waals surface area contributed by atoms with Crippen LogP contribution in [0, 0.1) is 5.41 Å². The van der Waals surface area contributed by atoms with Gasteiger partial charge in [0.1, 0.15) is 0 Å². The molecule has 0 aromatic rings. The highest BCUT2D eigenvalue weighted by molar-refractivity contribution is 7.98. The van der Waals surface area contributed by atoms with E-state index < -0.39 is 0 Å². The van der Waals surface area contributed by atoms with Crippen molar-refractivity contribution >= 4 is 11.8 Å². The molecule has 0 heterocycles. The summed E-state index contributed by atoms with van der Waals surface area (Å²) in [4.78, 5) is 4.61. The van der Waals surface area contributed by atoms with Gasteiger partial charge < -0.3 is 4.84 Å². The Morgan fingerprint density at radius 3 is 2.67 bits per heavy atom. The summed E-state index contributed by atoms with van der Waals surface area (Å²) < 4.78 is 0. The summed E-state index contributed by atoms with van der Waals surface area (Å²) in [5, 5.41) is 0. The Balaban J connectivity index is 2.17. The summed E-state index contributed by atoms with van der Waals surface area (Å²) in [6.45, 7) is 0.744. The van der Waals surface area contributed by atoms with Gasteiger partial charge in [-0.2, -0.15) is 11.8 Å². The Kier molecular flexibility index (Phi) is 2.38. The van der Waals surface area contributed by atoms with Crippen molar-refractivity contribution in [3.8, 4) is 0 Å². The second kappa shape index (κ2) is 2.90. The molecule has 0 spiro atoms. The number of thioether (sulfide) groups is 1. The van der Waals surface area contributed by atoms with Crippen LogP contribution in [0.4, 0.5) is 0 Å². The lowest BCUT2D eigenvalue weighted by Gasteiger charge is -2.09. The minimum absolute atomic E-state index is 0.466. The average molecular weight is 147 g/mol. The van der Waals surface area contributed by atoms with E-state index in [-0.39, 0.29) is 0 Å². The van der Waals surface area contributed by atoms with E-state index in [1.54, 1.807) is 0 Å². The molecule has 0 bridgehead atoms. The molecule has 0 unspecified atom stereocenters. The third-order valence-electron chi connectivity index (χ3n) is 1.80. The van der Waals surface area contributed by atoms with E-state index in [1.165, 1.54) is 18.6 Å². The first-order valence-corrected chi connectivity index (χ1v) is 4.53. The van der Waals surface area contributed by atoms with Crippen LogP contribution in [0.1, 0.15) is 12.8 Å². The van der Waals surface area contributed by atoms with Crippen LogP contribution in [0.2, 0.25) is 0 Å². The molecule has 0 aliphatic heterocycles. The fraction of sp³-hybridized carbons (Fsp3) is 1.00. The van der Waals surface area contributed by atoms with Crippen LogP contribution in [0.3, 0.4) is 0 Å². The first-order valence-electron chi connectivity index (χ1n) is 3.14. The van der Waals surface area contributed by atoms with Crippen LogP contribution >= 0.6 is 11.8 Å². The van der Waals surface area contributed by atoms with Crippen LogP contribution in [0.5, 0.6) is 0 Å². The average Bonchev–Trinajstić information content (AvgIpc) is 2.51. The van der Waals surface area contributed by atoms with E-state index in [4.69, 9.17) is 5.90 Å². The summed E-state index contributed by atoms with van der Waals surface area (Å²) >= 11 is 1.88. The van der Waals surface area contributed by atoms with Gasteiger partial charge in [-0.25, -0.2) is 5.90 Å². The molecule has 0 atom stereocenters. The predicted octanol–water partition coefficient (Wildman–Crippen LogP) is 1.02. The zero-order valence-corrected chi connectivity index (χ0v) is 6.54. The zero-order chi connectivity index (χ0) is 6.74. The molecule has 1 rings (SSSR count). The SMILES string of the molecule is CSCC1(CON)CC1. The normalized spacial score (nSPS) is 22.0. The van der Waals surface area contributed by atoms with Crippen molar-refractivity contribution in [2.75, 3.05) is 18.6 Å². The summed E-state index contributed by atoms with van der Waals surface area (Å²) in [7, 11) is 0. The number of nitrogens with two attached hydrogens (primary N) is 1. The smallest absolute Gasteiger partial charge is 0.0743 e. The number of hydrogen-bond acceptors (Lipinski definition) is 3. The molecule has 0 aromatic heterocycles. The molecule has 9 heavy (non-hydrogen) atoms. The highest BCUT2D eigenvalue weighted by atomic mass is 32.2. The minimum atomic E-state index is 0.466. The second-order valence-corrected chi connectivity index (χ2v) is 3.61. The van der Waals surface area contributed by atoms with Crippen molar-refractivity contribution in [2.45, 2.75) is 12.8 Å². The van der Waals surface area contributed by atoms with Gasteiger partial charge in [0.2, 0.25) is 0 Å². The summed E-state index contributed by atoms with van der Waals surface area (Å²) in [6, 6.07) is 0. The molecule has 1 aliphatic carbocycles. The first kappa shape index (κ1) is 7.38. The monoisotopic (exact) mass is 147 g/mol. The first-order chi connectivity index (χ1) is 4.33. The van der Waals surface area contributed by atoms with Gasteiger partial charge in [-0.15, -0.1) is 0 Å². The maximum atomic E-state index is 4.98. The van der Waals surface area contributed by atoms with E-state index in [2.05, 4.69) is 11.1 Å². The van der Waals surface area contributed by atoms with E-state index in [0.717, 1.165) is 6.61 Å². The summed E-state index contributed by atoms with van der Waals surface area (Å²) in [5.41, 5.74) is 0.466. The Labute approximate surface area is 60.1 Å².